The predicted octanol–water partition coefficient (Wildman–Crippen LogP) is 1.61. The number of ether oxygens (including phenoxy) is 1. The lowest BCUT2D eigenvalue weighted by Crippen LogP contribution is -2.43. The van der Waals surface area contributed by atoms with E-state index in [0.717, 1.165) is 32.0 Å². The SMILES string of the molecule is O=C1CC2CCC(C1)N2CCC1CCOC1. The molecule has 3 heteroatoms. The first kappa shape index (κ1) is 10.7. The lowest BCUT2D eigenvalue weighted by Gasteiger charge is -2.34. The predicted molar refractivity (Wildman–Crippen MR) is 61.3 cm³/mol. The Kier molecular flexibility index (Phi) is 2.99. The molecule has 0 amide bonds. The lowest BCUT2D eigenvalue weighted by atomic mass is 9.99. The summed E-state index contributed by atoms with van der Waals surface area (Å²) < 4.78 is 5.41. The van der Waals surface area contributed by atoms with E-state index in [4.69, 9.17) is 4.74 Å². The molecule has 0 spiro atoms. The van der Waals surface area contributed by atoms with Gasteiger partial charge in [-0.15, -0.1) is 0 Å². The van der Waals surface area contributed by atoms with Crippen LogP contribution in [0.25, 0.3) is 0 Å². The van der Waals surface area contributed by atoms with Crippen LogP contribution in [0.3, 0.4) is 0 Å². The van der Waals surface area contributed by atoms with Crippen LogP contribution in [-0.4, -0.2) is 42.5 Å². The smallest absolute Gasteiger partial charge is 0.136 e. The first-order valence-corrected chi connectivity index (χ1v) is 6.68. The fourth-order valence-electron chi connectivity index (χ4n) is 3.57. The molecule has 3 heterocycles. The summed E-state index contributed by atoms with van der Waals surface area (Å²) in [5, 5.41) is 0. The molecular weight excluding hydrogens is 202 g/mol. The molecule has 3 aliphatic heterocycles. The van der Waals surface area contributed by atoms with Crippen LogP contribution in [0.4, 0.5) is 0 Å². The molecule has 3 nitrogen and oxygen atoms in total. The molecule has 0 aromatic carbocycles. The quantitative estimate of drug-likeness (QED) is 0.728. The Morgan fingerprint density at radius 3 is 2.56 bits per heavy atom. The summed E-state index contributed by atoms with van der Waals surface area (Å²) in [6.45, 7) is 3.11. The summed E-state index contributed by atoms with van der Waals surface area (Å²) in [4.78, 5) is 14.1. The fourth-order valence-corrected chi connectivity index (χ4v) is 3.57. The second-order valence-electron chi connectivity index (χ2n) is 5.59. The van der Waals surface area contributed by atoms with Crippen molar-refractivity contribution in [3.63, 3.8) is 0 Å². The minimum Gasteiger partial charge on any atom is -0.381 e. The van der Waals surface area contributed by atoms with Crippen LogP contribution in [0.5, 0.6) is 0 Å². The van der Waals surface area contributed by atoms with Crippen molar-refractivity contribution in [3.05, 3.63) is 0 Å². The van der Waals surface area contributed by atoms with Gasteiger partial charge in [0.1, 0.15) is 5.78 Å². The summed E-state index contributed by atoms with van der Waals surface area (Å²) in [5.41, 5.74) is 0. The summed E-state index contributed by atoms with van der Waals surface area (Å²) >= 11 is 0. The van der Waals surface area contributed by atoms with Gasteiger partial charge in [0.25, 0.3) is 0 Å². The molecule has 3 rings (SSSR count). The third kappa shape index (κ3) is 2.03. The summed E-state index contributed by atoms with van der Waals surface area (Å²) in [7, 11) is 0. The Bertz CT molecular complexity index is 257. The maximum absolute atomic E-state index is 11.5. The van der Waals surface area contributed by atoms with Gasteiger partial charge in [-0.25, -0.2) is 0 Å². The molecule has 3 fully saturated rings. The van der Waals surface area contributed by atoms with Crippen LogP contribution in [0.2, 0.25) is 0 Å². The van der Waals surface area contributed by atoms with Crippen LogP contribution in [0.1, 0.15) is 38.5 Å². The Morgan fingerprint density at radius 1 is 1.19 bits per heavy atom. The number of rotatable bonds is 3. The topological polar surface area (TPSA) is 29.5 Å². The molecule has 90 valence electrons. The minimum atomic E-state index is 0.493. The first-order valence-electron chi connectivity index (χ1n) is 6.68. The van der Waals surface area contributed by atoms with Crippen molar-refractivity contribution in [3.8, 4) is 0 Å². The van der Waals surface area contributed by atoms with Crippen LogP contribution in [0, 0.1) is 5.92 Å². The van der Waals surface area contributed by atoms with Gasteiger partial charge in [0, 0.05) is 38.1 Å². The third-order valence-corrected chi connectivity index (χ3v) is 4.52. The van der Waals surface area contributed by atoms with E-state index in [2.05, 4.69) is 4.90 Å². The van der Waals surface area contributed by atoms with Crippen LogP contribution in [-0.2, 0) is 9.53 Å². The summed E-state index contributed by atoms with van der Waals surface area (Å²) in [6, 6.07) is 1.15. The third-order valence-electron chi connectivity index (χ3n) is 4.52. The standard InChI is InChI=1S/C13H21NO2/c15-13-7-11-1-2-12(8-13)14(11)5-3-10-4-6-16-9-10/h10-12H,1-9H2. The van der Waals surface area contributed by atoms with Gasteiger partial charge in [-0.2, -0.15) is 0 Å². The number of ketones is 1. The number of piperidine rings is 1. The Balaban J connectivity index is 1.53. The van der Waals surface area contributed by atoms with Gasteiger partial charge in [-0.1, -0.05) is 0 Å². The zero-order valence-corrected chi connectivity index (χ0v) is 9.86. The molecule has 3 atom stereocenters. The highest BCUT2D eigenvalue weighted by atomic mass is 16.5. The van der Waals surface area contributed by atoms with E-state index in [0.29, 0.717) is 17.9 Å². The molecule has 16 heavy (non-hydrogen) atoms. The first-order chi connectivity index (χ1) is 7.83. The summed E-state index contributed by atoms with van der Waals surface area (Å²) in [6.07, 6.45) is 6.63. The lowest BCUT2D eigenvalue weighted by molar-refractivity contribution is -0.123. The molecule has 3 unspecified atom stereocenters. The van der Waals surface area contributed by atoms with Gasteiger partial charge < -0.3 is 4.74 Å². The molecule has 0 saturated carbocycles. The van der Waals surface area contributed by atoms with Crippen molar-refractivity contribution in [2.75, 3.05) is 19.8 Å². The maximum Gasteiger partial charge on any atom is 0.136 e. The number of carbonyl (C=O) groups excluding carboxylic acids is 1. The zero-order chi connectivity index (χ0) is 11.0. The van der Waals surface area contributed by atoms with Crippen molar-refractivity contribution in [2.45, 2.75) is 50.6 Å². The molecular formula is C13H21NO2. The van der Waals surface area contributed by atoms with Crippen molar-refractivity contribution < 1.29 is 9.53 Å². The van der Waals surface area contributed by atoms with E-state index in [9.17, 15) is 4.79 Å². The van der Waals surface area contributed by atoms with Crippen LogP contribution < -0.4 is 0 Å². The highest BCUT2D eigenvalue weighted by Crippen LogP contribution is 2.34. The van der Waals surface area contributed by atoms with Crippen LogP contribution in [0.15, 0.2) is 0 Å². The van der Waals surface area contributed by atoms with Crippen molar-refractivity contribution in [1.29, 1.82) is 0 Å². The Labute approximate surface area is 97.1 Å². The molecule has 3 aliphatic rings. The van der Waals surface area contributed by atoms with Gasteiger partial charge in [0.05, 0.1) is 0 Å². The second-order valence-corrected chi connectivity index (χ2v) is 5.59. The number of hydrogen-bond acceptors (Lipinski definition) is 3. The molecule has 0 aromatic heterocycles. The monoisotopic (exact) mass is 223 g/mol. The van der Waals surface area contributed by atoms with Crippen molar-refractivity contribution in [1.82, 2.24) is 4.90 Å². The van der Waals surface area contributed by atoms with E-state index in [-0.39, 0.29) is 0 Å². The number of Topliss-reactive ketones (excluding diaryl/α,β-unsaturated/α-hetero) is 1. The number of nitrogens with zero attached hydrogens (tertiary/aromatic N) is 1. The fraction of sp³-hybridized carbons (Fsp3) is 0.923. The average molecular weight is 223 g/mol. The normalized spacial score (nSPS) is 39.5. The molecule has 0 aromatic rings. The number of hydrogen-bond donors (Lipinski definition) is 0. The van der Waals surface area contributed by atoms with Crippen LogP contribution >= 0.6 is 0 Å². The van der Waals surface area contributed by atoms with Crippen molar-refractivity contribution >= 4 is 5.78 Å². The highest BCUT2D eigenvalue weighted by molar-refractivity contribution is 5.80. The van der Waals surface area contributed by atoms with E-state index in [1.165, 1.54) is 32.2 Å². The zero-order valence-electron chi connectivity index (χ0n) is 9.86. The number of carbonyl (C=O) groups is 1. The van der Waals surface area contributed by atoms with Gasteiger partial charge in [-0.3, -0.25) is 9.69 Å². The Hall–Kier alpha value is -0.410. The van der Waals surface area contributed by atoms with Gasteiger partial charge in [-0.05, 0) is 38.1 Å². The molecule has 3 saturated heterocycles. The van der Waals surface area contributed by atoms with E-state index < -0.39 is 0 Å². The molecule has 0 N–H and O–H groups in total. The van der Waals surface area contributed by atoms with E-state index in [1.807, 2.05) is 0 Å². The molecule has 0 radical (unpaired) electrons. The number of fused-ring (bicyclic) bond motifs is 2. The maximum atomic E-state index is 11.5. The average Bonchev–Trinajstić information content (AvgIpc) is 2.83. The highest BCUT2D eigenvalue weighted by Gasteiger charge is 2.39. The van der Waals surface area contributed by atoms with Gasteiger partial charge in [0.2, 0.25) is 0 Å². The molecule has 0 aliphatic carbocycles. The van der Waals surface area contributed by atoms with E-state index >= 15 is 0 Å². The van der Waals surface area contributed by atoms with Gasteiger partial charge in [0.15, 0.2) is 0 Å². The van der Waals surface area contributed by atoms with E-state index in [1.54, 1.807) is 0 Å². The molecule has 2 bridgehead atoms. The van der Waals surface area contributed by atoms with Gasteiger partial charge >= 0.3 is 0 Å². The summed E-state index contributed by atoms with van der Waals surface area (Å²) in [5.74, 6) is 1.27. The minimum absolute atomic E-state index is 0.493. The van der Waals surface area contributed by atoms with Crippen molar-refractivity contribution in [2.24, 2.45) is 5.92 Å². The largest absolute Gasteiger partial charge is 0.381 e. The second kappa shape index (κ2) is 4.46. The Morgan fingerprint density at radius 2 is 1.94 bits per heavy atom.